The number of hydrogen-bond donors (Lipinski definition) is 0. The van der Waals surface area contributed by atoms with E-state index in [4.69, 9.17) is 28.0 Å². The van der Waals surface area contributed by atoms with Crippen molar-refractivity contribution in [3.8, 4) is 0 Å². The second kappa shape index (κ2) is 4.53. The second-order valence-electron chi connectivity index (χ2n) is 4.97. The summed E-state index contributed by atoms with van der Waals surface area (Å²) in [6, 6.07) is 5.56. The molecule has 4 heteroatoms. The fraction of sp³-hybridized carbons (Fsp3) is 0.500. The molecule has 88 valence electrons. The molecular weight excluding hydrogens is 245 g/mol. The third kappa shape index (κ3) is 2.89. The highest BCUT2D eigenvalue weighted by molar-refractivity contribution is 6.35. The summed E-state index contributed by atoms with van der Waals surface area (Å²) < 4.78 is 0. The van der Waals surface area contributed by atoms with Crippen LogP contribution in [0.4, 0.5) is 0 Å². The fourth-order valence-corrected chi connectivity index (χ4v) is 2.24. The van der Waals surface area contributed by atoms with E-state index in [2.05, 4.69) is 13.8 Å². The third-order valence-corrected chi connectivity index (χ3v) is 3.19. The topological polar surface area (TPSA) is 12.5 Å². The summed E-state index contributed by atoms with van der Waals surface area (Å²) in [5.74, 6) is 0. The molecular formula is C12H15Cl2NO. The minimum Gasteiger partial charge on any atom is -0.298 e. The van der Waals surface area contributed by atoms with E-state index in [9.17, 15) is 0 Å². The molecule has 1 heterocycles. The largest absolute Gasteiger partial charge is 0.298 e. The minimum atomic E-state index is 0.221. The first-order valence-electron chi connectivity index (χ1n) is 5.28. The Balaban J connectivity index is 2.05. The van der Waals surface area contributed by atoms with Crippen LogP contribution in [0.5, 0.6) is 0 Å². The average molecular weight is 260 g/mol. The molecule has 0 spiro atoms. The van der Waals surface area contributed by atoms with Gasteiger partial charge in [0.15, 0.2) is 0 Å². The molecule has 1 aromatic rings. The van der Waals surface area contributed by atoms with Gasteiger partial charge >= 0.3 is 0 Å². The third-order valence-electron chi connectivity index (χ3n) is 2.60. The van der Waals surface area contributed by atoms with Crippen LogP contribution in [-0.2, 0) is 11.4 Å². The van der Waals surface area contributed by atoms with Crippen molar-refractivity contribution in [3.05, 3.63) is 33.8 Å². The Morgan fingerprint density at radius 2 is 2.12 bits per heavy atom. The van der Waals surface area contributed by atoms with Crippen LogP contribution in [-0.4, -0.2) is 18.2 Å². The van der Waals surface area contributed by atoms with Crippen LogP contribution in [0, 0.1) is 5.41 Å². The van der Waals surface area contributed by atoms with Gasteiger partial charge in [-0.25, -0.2) is 0 Å². The molecule has 0 bridgehead atoms. The lowest BCUT2D eigenvalue weighted by molar-refractivity contribution is -0.117. The molecule has 1 fully saturated rings. The van der Waals surface area contributed by atoms with Crippen molar-refractivity contribution >= 4 is 23.2 Å². The maximum atomic E-state index is 6.11. The summed E-state index contributed by atoms with van der Waals surface area (Å²) in [5.41, 5.74) is 1.27. The monoisotopic (exact) mass is 259 g/mol. The van der Waals surface area contributed by atoms with Gasteiger partial charge < -0.3 is 0 Å². The van der Waals surface area contributed by atoms with Crippen molar-refractivity contribution in [1.29, 1.82) is 0 Å². The molecule has 0 aromatic heterocycles. The molecule has 1 aromatic carbocycles. The van der Waals surface area contributed by atoms with Crippen LogP contribution in [0.3, 0.4) is 0 Å². The van der Waals surface area contributed by atoms with Gasteiger partial charge in [-0.15, -0.1) is 0 Å². The summed E-state index contributed by atoms with van der Waals surface area (Å²) in [6.45, 7) is 6.77. The molecule has 0 amide bonds. The van der Waals surface area contributed by atoms with Crippen molar-refractivity contribution in [2.45, 2.75) is 20.4 Å². The number of rotatable bonds is 2. The van der Waals surface area contributed by atoms with Gasteiger partial charge in [-0.2, -0.15) is 5.06 Å². The van der Waals surface area contributed by atoms with Gasteiger partial charge in [0.25, 0.3) is 0 Å². The van der Waals surface area contributed by atoms with Gasteiger partial charge in [-0.05, 0) is 17.7 Å². The Hall–Kier alpha value is -0.280. The maximum absolute atomic E-state index is 6.11. The first-order valence-corrected chi connectivity index (χ1v) is 6.04. The molecule has 0 aliphatic carbocycles. The smallest absolute Gasteiger partial charge is 0.0749 e. The first-order chi connectivity index (χ1) is 7.46. The zero-order valence-corrected chi connectivity index (χ0v) is 11.0. The number of halogens is 2. The fourth-order valence-electron chi connectivity index (χ4n) is 1.78. The zero-order chi connectivity index (χ0) is 11.8. The van der Waals surface area contributed by atoms with E-state index in [-0.39, 0.29) is 5.41 Å². The molecule has 1 aliphatic rings. The molecule has 1 saturated heterocycles. The molecule has 0 N–H and O–H groups in total. The van der Waals surface area contributed by atoms with E-state index in [1.54, 1.807) is 6.07 Å². The van der Waals surface area contributed by atoms with Crippen molar-refractivity contribution in [2.24, 2.45) is 5.41 Å². The maximum Gasteiger partial charge on any atom is 0.0749 e. The van der Waals surface area contributed by atoms with E-state index >= 15 is 0 Å². The van der Waals surface area contributed by atoms with Crippen LogP contribution >= 0.6 is 23.2 Å². The van der Waals surface area contributed by atoms with E-state index in [1.165, 1.54) is 0 Å². The van der Waals surface area contributed by atoms with Gasteiger partial charge in [0.05, 0.1) is 13.2 Å². The molecule has 0 radical (unpaired) electrons. The normalized spacial score (nSPS) is 20.2. The van der Waals surface area contributed by atoms with Crippen LogP contribution < -0.4 is 0 Å². The minimum absolute atomic E-state index is 0.221. The van der Waals surface area contributed by atoms with E-state index in [0.29, 0.717) is 16.6 Å². The van der Waals surface area contributed by atoms with Crippen LogP contribution in [0.1, 0.15) is 19.4 Å². The summed E-state index contributed by atoms with van der Waals surface area (Å²) in [7, 11) is 0. The molecule has 0 atom stereocenters. The van der Waals surface area contributed by atoms with Crippen LogP contribution in [0.15, 0.2) is 18.2 Å². The highest BCUT2D eigenvalue weighted by atomic mass is 35.5. The number of hydrogen-bond acceptors (Lipinski definition) is 2. The second-order valence-corrected chi connectivity index (χ2v) is 5.82. The Kier molecular flexibility index (Phi) is 3.45. The lowest BCUT2D eigenvalue weighted by Gasteiger charge is -2.17. The average Bonchev–Trinajstić information content (AvgIpc) is 2.51. The molecule has 0 saturated carbocycles. The highest BCUT2D eigenvalue weighted by Gasteiger charge is 2.30. The van der Waals surface area contributed by atoms with Crippen molar-refractivity contribution < 1.29 is 4.84 Å². The summed E-state index contributed by atoms with van der Waals surface area (Å²) in [6.07, 6.45) is 0. The lowest BCUT2D eigenvalue weighted by Crippen LogP contribution is -2.22. The Labute approximate surface area is 106 Å². The van der Waals surface area contributed by atoms with E-state index in [1.807, 2.05) is 17.2 Å². The summed E-state index contributed by atoms with van der Waals surface area (Å²) >= 11 is 12.0. The zero-order valence-electron chi connectivity index (χ0n) is 9.46. The van der Waals surface area contributed by atoms with Gasteiger partial charge in [0, 0.05) is 22.0 Å². The van der Waals surface area contributed by atoms with E-state index < -0.39 is 0 Å². The lowest BCUT2D eigenvalue weighted by atomic mass is 9.96. The van der Waals surface area contributed by atoms with E-state index in [0.717, 1.165) is 18.7 Å². The standard InChI is InChI=1S/C12H15Cl2NO/c1-12(2)7-15(16-8-12)6-9-3-4-10(13)5-11(9)14/h3-5H,6-8H2,1-2H3. The number of hydroxylamine groups is 2. The SMILES string of the molecule is CC1(C)CON(Cc2ccc(Cl)cc2Cl)C1. The Morgan fingerprint density at radius 1 is 1.38 bits per heavy atom. The first kappa shape index (κ1) is 12.2. The molecule has 16 heavy (non-hydrogen) atoms. The summed E-state index contributed by atoms with van der Waals surface area (Å²) in [4.78, 5) is 5.60. The molecule has 1 aliphatic heterocycles. The van der Waals surface area contributed by atoms with Gasteiger partial charge in [0.2, 0.25) is 0 Å². The van der Waals surface area contributed by atoms with Gasteiger partial charge in [-0.3, -0.25) is 4.84 Å². The Bertz CT molecular complexity index is 393. The highest BCUT2D eigenvalue weighted by Crippen LogP contribution is 2.28. The van der Waals surface area contributed by atoms with Gasteiger partial charge in [-0.1, -0.05) is 43.1 Å². The summed E-state index contributed by atoms with van der Waals surface area (Å²) in [5, 5.41) is 3.31. The van der Waals surface area contributed by atoms with Crippen molar-refractivity contribution in [1.82, 2.24) is 5.06 Å². The molecule has 0 unspecified atom stereocenters. The molecule has 2 nitrogen and oxygen atoms in total. The van der Waals surface area contributed by atoms with Gasteiger partial charge in [0.1, 0.15) is 0 Å². The molecule has 2 rings (SSSR count). The Morgan fingerprint density at radius 3 is 2.69 bits per heavy atom. The van der Waals surface area contributed by atoms with Crippen LogP contribution in [0.2, 0.25) is 10.0 Å². The quantitative estimate of drug-likeness (QED) is 0.802. The van der Waals surface area contributed by atoms with Crippen molar-refractivity contribution in [2.75, 3.05) is 13.2 Å². The number of nitrogens with zero attached hydrogens (tertiary/aromatic N) is 1. The van der Waals surface area contributed by atoms with Crippen LogP contribution in [0.25, 0.3) is 0 Å². The predicted octanol–water partition coefficient (Wildman–Crippen LogP) is 3.77. The predicted molar refractivity (Wildman–Crippen MR) is 66.6 cm³/mol. The van der Waals surface area contributed by atoms with Crippen molar-refractivity contribution in [3.63, 3.8) is 0 Å². The number of benzene rings is 1.